The van der Waals surface area contributed by atoms with Crippen LogP contribution in [0.1, 0.15) is 37.6 Å². The average Bonchev–Trinajstić information content (AvgIpc) is 2.72. The zero-order chi connectivity index (χ0) is 14.9. The van der Waals surface area contributed by atoms with Crippen molar-refractivity contribution >= 4 is 5.69 Å². The fourth-order valence-corrected chi connectivity index (χ4v) is 2.25. The molecule has 0 aliphatic carbocycles. The van der Waals surface area contributed by atoms with E-state index in [1.54, 1.807) is 13.0 Å². The van der Waals surface area contributed by atoms with E-state index in [1.807, 2.05) is 24.0 Å². The summed E-state index contributed by atoms with van der Waals surface area (Å²) >= 11 is 0. The lowest BCUT2D eigenvalue weighted by Crippen LogP contribution is -2.16. The first-order chi connectivity index (χ1) is 9.27. The van der Waals surface area contributed by atoms with Gasteiger partial charge in [-0.05, 0) is 30.7 Å². The third-order valence-corrected chi connectivity index (χ3v) is 3.26. The van der Waals surface area contributed by atoms with Crippen molar-refractivity contribution in [1.82, 2.24) is 9.78 Å². The standard InChI is InChI=1S/C16H22FN3/c1-11-8-13(6-7-14(11)17)18-9-12-10-20(5)19-15(12)16(2,3)4/h6-8,10,18H,9H2,1-5H3. The Kier molecular flexibility index (Phi) is 3.84. The van der Waals surface area contributed by atoms with Gasteiger partial charge in [0, 0.05) is 36.5 Å². The molecule has 1 aromatic carbocycles. The molecule has 3 nitrogen and oxygen atoms in total. The maximum atomic E-state index is 13.2. The number of nitrogens with zero attached hydrogens (tertiary/aromatic N) is 2. The molecule has 1 N–H and O–H groups in total. The molecular formula is C16H22FN3. The number of rotatable bonds is 3. The van der Waals surface area contributed by atoms with Gasteiger partial charge in [-0.15, -0.1) is 0 Å². The normalized spacial score (nSPS) is 11.7. The van der Waals surface area contributed by atoms with Gasteiger partial charge in [0.25, 0.3) is 0 Å². The first-order valence-corrected chi connectivity index (χ1v) is 6.80. The van der Waals surface area contributed by atoms with Crippen LogP contribution in [0.15, 0.2) is 24.4 Å². The van der Waals surface area contributed by atoms with E-state index in [0.29, 0.717) is 12.1 Å². The molecule has 0 spiro atoms. The highest BCUT2D eigenvalue weighted by molar-refractivity contribution is 5.46. The Morgan fingerprint density at radius 3 is 2.60 bits per heavy atom. The number of halogens is 1. The number of aryl methyl sites for hydroxylation is 2. The summed E-state index contributed by atoms with van der Waals surface area (Å²) in [6.07, 6.45) is 2.03. The molecule has 0 aliphatic heterocycles. The van der Waals surface area contributed by atoms with Crippen molar-refractivity contribution in [1.29, 1.82) is 0 Å². The van der Waals surface area contributed by atoms with Gasteiger partial charge >= 0.3 is 0 Å². The molecule has 1 aromatic heterocycles. The number of hydrogen-bond donors (Lipinski definition) is 1. The topological polar surface area (TPSA) is 29.9 Å². The first kappa shape index (κ1) is 14.6. The summed E-state index contributed by atoms with van der Waals surface area (Å²) in [6.45, 7) is 8.92. The van der Waals surface area contributed by atoms with Gasteiger partial charge in [-0.1, -0.05) is 20.8 Å². The van der Waals surface area contributed by atoms with Gasteiger partial charge in [-0.25, -0.2) is 4.39 Å². The van der Waals surface area contributed by atoms with Crippen molar-refractivity contribution in [2.45, 2.75) is 39.7 Å². The largest absolute Gasteiger partial charge is 0.381 e. The van der Waals surface area contributed by atoms with Crippen LogP contribution in [0.25, 0.3) is 0 Å². The number of benzene rings is 1. The molecule has 20 heavy (non-hydrogen) atoms. The Hall–Kier alpha value is -1.84. The van der Waals surface area contributed by atoms with Crippen LogP contribution in [0.4, 0.5) is 10.1 Å². The Labute approximate surface area is 119 Å². The molecule has 0 amide bonds. The van der Waals surface area contributed by atoms with Gasteiger partial charge in [0.15, 0.2) is 0 Å². The molecule has 2 rings (SSSR count). The summed E-state index contributed by atoms with van der Waals surface area (Å²) in [4.78, 5) is 0. The highest BCUT2D eigenvalue weighted by Crippen LogP contribution is 2.25. The summed E-state index contributed by atoms with van der Waals surface area (Å²) in [5, 5.41) is 7.88. The maximum absolute atomic E-state index is 13.2. The van der Waals surface area contributed by atoms with Crippen molar-refractivity contribution in [3.63, 3.8) is 0 Å². The second-order valence-electron chi connectivity index (χ2n) is 6.24. The number of hydrogen-bond acceptors (Lipinski definition) is 2. The molecule has 0 radical (unpaired) electrons. The highest BCUT2D eigenvalue weighted by Gasteiger charge is 2.21. The van der Waals surface area contributed by atoms with E-state index >= 15 is 0 Å². The van der Waals surface area contributed by atoms with Gasteiger partial charge in [-0.3, -0.25) is 4.68 Å². The molecule has 0 unspecified atom stereocenters. The molecule has 0 fully saturated rings. The summed E-state index contributed by atoms with van der Waals surface area (Å²) in [7, 11) is 1.93. The smallest absolute Gasteiger partial charge is 0.126 e. The molecule has 108 valence electrons. The molecule has 0 aliphatic rings. The molecule has 0 saturated heterocycles. The van der Waals surface area contributed by atoms with Crippen LogP contribution in [0.5, 0.6) is 0 Å². The van der Waals surface area contributed by atoms with Gasteiger partial charge in [0.1, 0.15) is 5.82 Å². The molecule has 0 atom stereocenters. The highest BCUT2D eigenvalue weighted by atomic mass is 19.1. The Balaban J connectivity index is 2.17. The zero-order valence-electron chi connectivity index (χ0n) is 12.8. The minimum atomic E-state index is -0.174. The van der Waals surface area contributed by atoms with Crippen LogP contribution in [-0.4, -0.2) is 9.78 Å². The number of aromatic nitrogens is 2. The van der Waals surface area contributed by atoms with Crippen LogP contribution in [0.3, 0.4) is 0 Å². The van der Waals surface area contributed by atoms with E-state index in [-0.39, 0.29) is 11.2 Å². The summed E-state index contributed by atoms with van der Waals surface area (Å²) in [6, 6.07) is 5.07. The minimum Gasteiger partial charge on any atom is -0.381 e. The third kappa shape index (κ3) is 3.18. The molecule has 0 bridgehead atoms. The summed E-state index contributed by atoms with van der Waals surface area (Å²) in [5.74, 6) is -0.174. The van der Waals surface area contributed by atoms with Gasteiger partial charge in [0.05, 0.1) is 5.69 Å². The van der Waals surface area contributed by atoms with Crippen LogP contribution in [-0.2, 0) is 19.0 Å². The van der Waals surface area contributed by atoms with Crippen molar-refractivity contribution in [3.05, 3.63) is 47.0 Å². The number of anilines is 1. The lowest BCUT2D eigenvalue weighted by Gasteiger charge is -2.18. The van der Waals surface area contributed by atoms with E-state index in [9.17, 15) is 4.39 Å². The van der Waals surface area contributed by atoms with Gasteiger partial charge < -0.3 is 5.32 Å². The van der Waals surface area contributed by atoms with Crippen LogP contribution >= 0.6 is 0 Å². The minimum absolute atomic E-state index is 0.0109. The van der Waals surface area contributed by atoms with E-state index in [0.717, 1.165) is 11.4 Å². The fraction of sp³-hybridized carbons (Fsp3) is 0.438. The molecule has 1 heterocycles. The predicted molar refractivity (Wildman–Crippen MR) is 80.4 cm³/mol. The molecule has 0 saturated carbocycles. The predicted octanol–water partition coefficient (Wildman–Crippen LogP) is 3.78. The van der Waals surface area contributed by atoms with E-state index in [1.165, 1.54) is 11.6 Å². The van der Waals surface area contributed by atoms with Gasteiger partial charge in [0.2, 0.25) is 0 Å². The maximum Gasteiger partial charge on any atom is 0.126 e. The fourth-order valence-electron chi connectivity index (χ4n) is 2.25. The van der Waals surface area contributed by atoms with E-state index in [2.05, 4.69) is 31.2 Å². The summed E-state index contributed by atoms with van der Waals surface area (Å²) in [5.41, 5.74) is 3.84. The van der Waals surface area contributed by atoms with Crippen molar-refractivity contribution in [2.24, 2.45) is 7.05 Å². The first-order valence-electron chi connectivity index (χ1n) is 6.80. The average molecular weight is 275 g/mol. The number of nitrogens with one attached hydrogen (secondary N) is 1. The molecular weight excluding hydrogens is 253 g/mol. The van der Waals surface area contributed by atoms with Gasteiger partial charge in [-0.2, -0.15) is 5.10 Å². The Morgan fingerprint density at radius 2 is 2.00 bits per heavy atom. The molecule has 2 aromatic rings. The summed E-state index contributed by atoms with van der Waals surface area (Å²) < 4.78 is 15.1. The van der Waals surface area contributed by atoms with Crippen LogP contribution in [0, 0.1) is 12.7 Å². The van der Waals surface area contributed by atoms with Crippen molar-refractivity contribution in [3.8, 4) is 0 Å². The lowest BCUT2D eigenvalue weighted by molar-refractivity contribution is 0.549. The third-order valence-electron chi connectivity index (χ3n) is 3.26. The van der Waals surface area contributed by atoms with Crippen LogP contribution in [0.2, 0.25) is 0 Å². The molecule has 4 heteroatoms. The van der Waals surface area contributed by atoms with Crippen molar-refractivity contribution < 1.29 is 4.39 Å². The van der Waals surface area contributed by atoms with E-state index in [4.69, 9.17) is 0 Å². The second-order valence-corrected chi connectivity index (χ2v) is 6.24. The Bertz CT molecular complexity index is 609. The monoisotopic (exact) mass is 275 g/mol. The zero-order valence-corrected chi connectivity index (χ0v) is 12.8. The quantitative estimate of drug-likeness (QED) is 0.924. The SMILES string of the molecule is Cc1cc(NCc2cn(C)nc2C(C)(C)C)ccc1F. The lowest BCUT2D eigenvalue weighted by atomic mass is 9.89. The second kappa shape index (κ2) is 5.27. The van der Waals surface area contributed by atoms with Crippen LogP contribution < -0.4 is 5.32 Å². The van der Waals surface area contributed by atoms with E-state index < -0.39 is 0 Å². The van der Waals surface area contributed by atoms with Crippen molar-refractivity contribution in [2.75, 3.05) is 5.32 Å². The Morgan fingerprint density at radius 1 is 1.30 bits per heavy atom.